The third kappa shape index (κ3) is 3.32. The molecule has 2 saturated carbocycles. The second-order valence-corrected chi connectivity index (χ2v) is 7.92. The molecule has 6 nitrogen and oxygen atoms in total. The van der Waals surface area contributed by atoms with Crippen molar-refractivity contribution in [1.82, 2.24) is 19.9 Å². The Hall–Kier alpha value is -2.37. The zero-order valence-corrected chi connectivity index (χ0v) is 15.0. The van der Waals surface area contributed by atoms with Gasteiger partial charge in [0.1, 0.15) is 5.69 Å². The number of nitrogens with zero attached hydrogens (tertiary/aromatic N) is 4. The molecule has 3 heterocycles. The summed E-state index contributed by atoms with van der Waals surface area (Å²) < 4.78 is 2.12. The van der Waals surface area contributed by atoms with Crippen LogP contribution in [-0.2, 0) is 6.54 Å². The Morgan fingerprint density at radius 2 is 1.81 bits per heavy atom. The van der Waals surface area contributed by atoms with Crippen LogP contribution in [0.3, 0.4) is 0 Å². The normalized spacial score (nSPS) is 19.8. The Bertz CT molecular complexity index is 798. The van der Waals surface area contributed by atoms with Gasteiger partial charge in [0.2, 0.25) is 5.95 Å². The zero-order valence-electron chi connectivity index (χ0n) is 15.0. The fraction of sp³-hybridized carbons (Fsp3) is 0.550. The number of hydrogen-bond acceptors (Lipinski definition) is 4. The predicted octanol–water partition coefficient (Wildman–Crippen LogP) is 2.85. The number of nitrogens with one attached hydrogen (secondary N) is 1. The lowest BCUT2D eigenvalue weighted by Crippen LogP contribution is -2.27. The monoisotopic (exact) mass is 351 g/mol. The predicted molar refractivity (Wildman–Crippen MR) is 100 cm³/mol. The van der Waals surface area contributed by atoms with E-state index in [2.05, 4.69) is 30.9 Å². The standard InChI is InChI=1S/C20H25N5O/c26-19(23-17-5-6-17)18-9-15(13-25(18)12-14-3-4-14)16-10-21-20(22-11-16)24-7-1-2-8-24/h9-11,13-14,17H,1-8,12H2,(H,23,26). The molecule has 1 saturated heterocycles. The fourth-order valence-corrected chi connectivity index (χ4v) is 3.63. The van der Waals surface area contributed by atoms with Gasteiger partial charge in [0, 0.05) is 55.4 Å². The first-order valence-electron chi connectivity index (χ1n) is 9.85. The first kappa shape index (κ1) is 15.9. The van der Waals surface area contributed by atoms with Crippen LogP contribution in [0, 0.1) is 5.92 Å². The number of hydrogen-bond donors (Lipinski definition) is 1. The Kier molecular flexibility index (Phi) is 3.91. The molecule has 0 spiro atoms. The minimum Gasteiger partial charge on any atom is -0.348 e. The second-order valence-electron chi connectivity index (χ2n) is 7.92. The second kappa shape index (κ2) is 6.41. The van der Waals surface area contributed by atoms with Gasteiger partial charge in [-0.05, 0) is 50.5 Å². The van der Waals surface area contributed by atoms with E-state index in [0.717, 1.165) is 61.2 Å². The number of amides is 1. The number of aromatic nitrogens is 3. The van der Waals surface area contributed by atoms with Crippen molar-refractivity contribution in [3.63, 3.8) is 0 Å². The molecule has 2 aromatic heterocycles. The summed E-state index contributed by atoms with van der Waals surface area (Å²) in [6, 6.07) is 2.37. The summed E-state index contributed by atoms with van der Waals surface area (Å²) in [5.41, 5.74) is 2.77. The van der Waals surface area contributed by atoms with Crippen LogP contribution < -0.4 is 10.2 Å². The first-order chi connectivity index (χ1) is 12.8. The van der Waals surface area contributed by atoms with Crippen molar-refractivity contribution in [1.29, 1.82) is 0 Å². The van der Waals surface area contributed by atoms with E-state index in [1.807, 2.05) is 18.5 Å². The van der Waals surface area contributed by atoms with Gasteiger partial charge in [-0.25, -0.2) is 9.97 Å². The molecule has 136 valence electrons. The number of anilines is 1. The van der Waals surface area contributed by atoms with Gasteiger partial charge >= 0.3 is 0 Å². The highest BCUT2D eigenvalue weighted by molar-refractivity contribution is 5.94. The van der Waals surface area contributed by atoms with Crippen LogP contribution in [0.25, 0.3) is 11.1 Å². The van der Waals surface area contributed by atoms with Crippen LogP contribution in [0.5, 0.6) is 0 Å². The largest absolute Gasteiger partial charge is 0.348 e. The molecule has 0 radical (unpaired) electrons. The lowest BCUT2D eigenvalue weighted by molar-refractivity contribution is 0.0941. The van der Waals surface area contributed by atoms with Crippen LogP contribution in [-0.4, -0.2) is 39.6 Å². The van der Waals surface area contributed by atoms with E-state index >= 15 is 0 Å². The molecule has 26 heavy (non-hydrogen) atoms. The molecule has 0 atom stereocenters. The average Bonchev–Trinajstić information content (AvgIpc) is 3.54. The van der Waals surface area contributed by atoms with Crippen LogP contribution in [0.2, 0.25) is 0 Å². The van der Waals surface area contributed by atoms with Gasteiger partial charge < -0.3 is 14.8 Å². The van der Waals surface area contributed by atoms with Crippen LogP contribution in [0.1, 0.15) is 49.0 Å². The summed E-state index contributed by atoms with van der Waals surface area (Å²) in [5, 5.41) is 3.12. The van der Waals surface area contributed by atoms with Gasteiger partial charge in [0.15, 0.2) is 0 Å². The summed E-state index contributed by atoms with van der Waals surface area (Å²) in [7, 11) is 0. The highest BCUT2D eigenvalue weighted by Gasteiger charge is 2.28. The third-order valence-corrected chi connectivity index (χ3v) is 5.55. The summed E-state index contributed by atoms with van der Waals surface area (Å²) in [4.78, 5) is 24.0. The minimum atomic E-state index is 0.0500. The molecule has 1 amide bonds. The maximum atomic E-state index is 12.6. The van der Waals surface area contributed by atoms with E-state index < -0.39 is 0 Å². The van der Waals surface area contributed by atoms with Crippen molar-refractivity contribution in [2.24, 2.45) is 5.92 Å². The van der Waals surface area contributed by atoms with Crippen molar-refractivity contribution < 1.29 is 4.79 Å². The van der Waals surface area contributed by atoms with E-state index in [0.29, 0.717) is 6.04 Å². The van der Waals surface area contributed by atoms with Crippen molar-refractivity contribution >= 4 is 11.9 Å². The lowest BCUT2D eigenvalue weighted by atomic mass is 10.2. The fourth-order valence-electron chi connectivity index (χ4n) is 3.63. The lowest BCUT2D eigenvalue weighted by Gasteiger charge is -2.14. The highest BCUT2D eigenvalue weighted by atomic mass is 16.2. The molecular weight excluding hydrogens is 326 g/mol. The number of carbonyl (C=O) groups is 1. The Labute approximate surface area is 153 Å². The number of rotatable bonds is 6. The Balaban J connectivity index is 1.40. The van der Waals surface area contributed by atoms with E-state index in [9.17, 15) is 4.79 Å². The molecule has 0 bridgehead atoms. The molecule has 5 rings (SSSR count). The molecule has 2 aromatic rings. The molecule has 1 N–H and O–H groups in total. The van der Waals surface area contributed by atoms with Gasteiger partial charge in [-0.2, -0.15) is 0 Å². The Morgan fingerprint density at radius 1 is 1.08 bits per heavy atom. The first-order valence-corrected chi connectivity index (χ1v) is 9.85. The molecule has 6 heteroatoms. The van der Waals surface area contributed by atoms with Crippen molar-refractivity contribution in [2.45, 2.75) is 51.1 Å². The van der Waals surface area contributed by atoms with Gasteiger partial charge in [0.25, 0.3) is 5.91 Å². The molecule has 0 aromatic carbocycles. The van der Waals surface area contributed by atoms with Gasteiger partial charge in [0.05, 0.1) is 0 Å². The zero-order chi connectivity index (χ0) is 17.5. The van der Waals surface area contributed by atoms with E-state index in [1.165, 1.54) is 25.7 Å². The molecule has 3 fully saturated rings. The molecule has 0 unspecified atom stereocenters. The molecular formula is C20H25N5O. The van der Waals surface area contributed by atoms with Gasteiger partial charge in [-0.3, -0.25) is 4.79 Å². The van der Waals surface area contributed by atoms with Crippen molar-refractivity contribution in [2.75, 3.05) is 18.0 Å². The topological polar surface area (TPSA) is 63.1 Å². The summed E-state index contributed by atoms with van der Waals surface area (Å²) in [6.45, 7) is 3.02. The summed E-state index contributed by atoms with van der Waals surface area (Å²) >= 11 is 0. The van der Waals surface area contributed by atoms with E-state index in [-0.39, 0.29) is 5.91 Å². The quantitative estimate of drug-likeness (QED) is 0.869. The summed E-state index contributed by atoms with van der Waals surface area (Å²) in [6.07, 6.45) is 13.1. The SMILES string of the molecule is O=C(NC1CC1)c1cc(-c2cnc(N3CCCC3)nc2)cn1CC1CC1. The molecule has 2 aliphatic carbocycles. The van der Waals surface area contributed by atoms with Crippen LogP contribution >= 0.6 is 0 Å². The van der Waals surface area contributed by atoms with Crippen molar-refractivity contribution in [3.8, 4) is 11.1 Å². The van der Waals surface area contributed by atoms with E-state index in [1.54, 1.807) is 0 Å². The van der Waals surface area contributed by atoms with E-state index in [4.69, 9.17) is 0 Å². The Morgan fingerprint density at radius 3 is 2.46 bits per heavy atom. The minimum absolute atomic E-state index is 0.0500. The highest BCUT2D eigenvalue weighted by Crippen LogP contribution is 2.33. The summed E-state index contributed by atoms with van der Waals surface area (Å²) in [5.74, 6) is 1.58. The van der Waals surface area contributed by atoms with Crippen molar-refractivity contribution in [3.05, 3.63) is 30.4 Å². The smallest absolute Gasteiger partial charge is 0.268 e. The molecule has 3 aliphatic rings. The number of carbonyl (C=O) groups excluding carboxylic acids is 1. The van der Waals surface area contributed by atoms with Gasteiger partial charge in [-0.15, -0.1) is 0 Å². The third-order valence-electron chi connectivity index (χ3n) is 5.55. The molecule has 1 aliphatic heterocycles. The average molecular weight is 351 g/mol. The van der Waals surface area contributed by atoms with Gasteiger partial charge in [-0.1, -0.05) is 0 Å². The maximum Gasteiger partial charge on any atom is 0.268 e. The van der Waals surface area contributed by atoms with Crippen LogP contribution in [0.15, 0.2) is 24.7 Å². The maximum absolute atomic E-state index is 12.6. The van der Waals surface area contributed by atoms with Crippen LogP contribution in [0.4, 0.5) is 5.95 Å².